The highest BCUT2D eigenvalue weighted by Crippen LogP contribution is 2.04. The number of para-hydroxylation sites is 1. The lowest BCUT2D eigenvalue weighted by Crippen LogP contribution is -2.36. The van der Waals surface area contributed by atoms with Crippen molar-refractivity contribution in [1.29, 1.82) is 0 Å². The Balaban J connectivity index is 2.53. The molecule has 0 aliphatic rings. The van der Waals surface area contributed by atoms with Crippen LogP contribution in [-0.2, 0) is 11.3 Å². The summed E-state index contributed by atoms with van der Waals surface area (Å²) in [6.45, 7) is -0.132. The molecule has 1 heterocycles. The van der Waals surface area contributed by atoms with E-state index in [0.717, 1.165) is 0 Å². The minimum atomic E-state index is -0.445. The van der Waals surface area contributed by atoms with Crippen molar-refractivity contribution in [2.24, 2.45) is 5.84 Å². The molecule has 0 aliphatic heterocycles. The van der Waals surface area contributed by atoms with Gasteiger partial charge in [-0.3, -0.25) is 19.6 Å². The number of hydrogen-bond donors (Lipinski definition) is 2. The van der Waals surface area contributed by atoms with Gasteiger partial charge in [0.05, 0.1) is 17.2 Å². The average Bonchev–Trinajstić information content (AvgIpc) is 2.33. The summed E-state index contributed by atoms with van der Waals surface area (Å²) in [5, 5.41) is 0.481. The number of benzene rings is 1. The van der Waals surface area contributed by atoms with Crippen molar-refractivity contribution in [3.8, 4) is 0 Å². The van der Waals surface area contributed by atoms with Gasteiger partial charge in [-0.2, -0.15) is 0 Å². The summed E-state index contributed by atoms with van der Waals surface area (Å²) in [7, 11) is 0. The van der Waals surface area contributed by atoms with E-state index in [2.05, 4.69) is 4.98 Å². The number of rotatable bonds is 2. The van der Waals surface area contributed by atoms with Crippen LogP contribution in [0.2, 0.25) is 0 Å². The number of aromatic nitrogens is 2. The third kappa shape index (κ3) is 1.78. The van der Waals surface area contributed by atoms with Crippen LogP contribution in [0.5, 0.6) is 0 Å². The van der Waals surface area contributed by atoms with Crippen LogP contribution < -0.4 is 16.8 Å². The Kier molecular flexibility index (Phi) is 2.65. The molecule has 0 unspecified atom stereocenters. The molecule has 0 fully saturated rings. The SMILES string of the molecule is NNC(=O)Cn1cnc2ccccc2c1=O. The maximum Gasteiger partial charge on any atom is 0.261 e. The number of carbonyl (C=O) groups is 1. The van der Waals surface area contributed by atoms with E-state index in [1.54, 1.807) is 24.3 Å². The first-order valence-electron chi connectivity index (χ1n) is 4.66. The molecular weight excluding hydrogens is 208 g/mol. The summed E-state index contributed by atoms with van der Waals surface area (Å²) in [6.07, 6.45) is 1.33. The van der Waals surface area contributed by atoms with Crippen molar-refractivity contribution in [3.05, 3.63) is 40.9 Å². The van der Waals surface area contributed by atoms with E-state index in [-0.39, 0.29) is 12.1 Å². The number of hydrogen-bond acceptors (Lipinski definition) is 4. The smallest absolute Gasteiger partial charge is 0.261 e. The number of carbonyl (C=O) groups excluding carboxylic acids is 1. The van der Waals surface area contributed by atoms with Gasteiger partial charge in [0.25, 0.3) is 11.5 Å². The summed E-state index contributed by atoms with van der Waals surface area (Å²) in [5.41, 5.74) is 2.32. The number of nitrogens with zero attached hydrogens (tertiary/aromatic N) is 2. The van der Waals surface area contributed by atoms with E-state index in [4.69, 9.17) is 5.84 Å². The van der Waals surface area contributed by atoms with Crippen LogP contribution in [0.15, 0.2) is 35.4 Å². The van der Waals surface area contributed by atoms with Gasteiger partial charge in [-0.25, -0.2) is 10.8 Å². The van der Waals surface area contributed by atoms with Crippen molar-refractivity contribution in [3.63, 3.8) is 0 Å². The van der Waals surface area contributed by atoms with Crippen LogP contribution >= 0.6 is 0 Å². The van der Waals surface area contributed by atoms with Gasteiger partial charge in [0, 0.05) is 0 Å². The Hall–Kier alpha value is -2.21. The predicted molar refractivity (Wildman–Crippen MR) is 58.3 cm³/mol. The van der Waals surface area contributed by atoms with E-state index in [0.29, 0.717) is 10.9 Å². The largest absolute Gasteiger partial charge is 0.293 e. The van der Waals surface area contributed by atoms with E-state index >= 15 is 0 Å². The summed E-state index contributed by atoms with van der Waals surface area (Å²) in [4.78, 5) is 27.0. The van der Waals surface area contributed by atoms with Crippen molar-refractivity contribution in [2.75, 3.05) is 0 Å². The van der Waals surface area contributed by atoms with Gasteiger partial charge >= 0.3 is 0 Å². The fourth-order valence-corrected chi connectivity index (χ4v) is 1.42. The fraction of sp³-hybridized carbons (Fsp3) is 0.100. The molecule has 6 nitrogen and oxygen atoms in total. The van der Waals surface area contributed by atoms with Gasteiger partial charge in [-0.1, -0.05) is 12.1 Å². The zero-order valence-electron chi connectivity index (χ0n) is 8.38. The molecule has 2 aromatic rings. The lowest BCUT2D eigenvalue weighted by Gasteiger charge is -2.04. The molecule has 1 aromatic carbocycles. The molecule has 82 valence electrons. The number of hydrazine groups is 1. The molecule has 2 rings (SSSR count). The van der Waals surface area contributed by atoms with Crippen LogP contribution in [-0.4, -0.2) is 15.5 Å². The van der Waals surface area contributed by atoms with Crippen LogP contribution in [0.3, 0.4) is 0 Å². The highest BCUT2D eigenvalue weighted by Gasteiger charge is 2.06. The molecule has 16 heavy (non-hydrogen) atoms. The lowest BCUT2D eigenvalue weighted by molar-refractivity contribution is -0.121. The lowest BCUT2D eigenvalue weighted by atomic mass is 10.2. The number of amides is 1. The zero-order chi connectivity index (χ0) is 11.5. The first-order chi connectivity index (χ1) is 7.72. The second-order valence-electron chi connectivity index (χ2n) is 3.26. The van der Waals surface area contributed by atoms with Crippen LogP contribution in [0.25, 0.3) is 10.9 Å². The maximum absolute atomic E-state index is 11.9. The van der Waals surface area contributed by atoms with Crippen molar-refractivity contribution in [1.82, 2.24) is 15.0 Å². The predicted octanol–water partition coefficient (Wildman–Crippen LogP) is -0.614. The van der Waals surface area contributed by atoms with E-state index in [9.17, 15) is 9.59 Å². The molecule has 1 amide bonds. The third-order valence-corrected chi connectivity index (χ3v) is 2.21. The van der Waals surface area contributed by atoms with Gasteiger partial charge in [0.15, 0.2) is 0 Å². The summed E-state index contributed by atoms with van der Waals surface area (Å²) >= 11 is 0. The Morgan fingerprint density at radius 2 is 2.19 bits per heavy atom. The second-order valence-corrected chi connectivity index (χ2v) is 3.26. The molecule has 0 saturated carbocycles. The molecule has 0 spiro atoms. The Labute approximate surface area is 90.7 Å². The topological polar surface area (TPSA) is 90.0 Å². The fourth-order valence-electron chi connectivity index (χ4n) is 1.42. The molecular formula is C10H10N4O2. The van der Waals surface area contributed by atoms with Crippen LogP contribution in [0.4, 0.5) is 0 Å². The molecule has 0 aliphatic carbocycles. The highest BCUT2D eigenvalue weighted by molar-refractivity contribution is 5.78. The number of nitrogens with two attached hydrogens (primary N) is 1. The van der Waals surface area contributed by atoms with E-state index < -0.39 is 5.91 Å². The van der Waals surface area contributed by atoms with Gasteiger partial charge in [0.2, 0.25) is 0 Å². The minimum Gasteiger partial charge on any atom is -0.293 e. The molecule has 6 heteroatoms. The maximum atomic E-state index is 11.9. The van der Waals surface area contributed by atoms with E-state index in [1.165, 1.54) is 10.9 Å². The normalized spacial score (nSPS) is 10.3. The highest BCUT2D eigenvalue weighted by atomic mass is 16.2. The van der Waals surface area contributed by atoms with Crippen LogP contribution in [0.1, 0.15) is 0 Å². The summed E-state index contributed by atoms with van der Waals surface area (Å²) < 4.78 is 1.21. The first-order valence-corrected chi connectivity index (χ1v) is 4.66. The molecule has 0 radical (unpaired) electrons. The molecule has 0 atom stereocenters. The standard InChI is InChI=1S/C10H10N4O2/c11-13-9(15)5-14-6-12-8-4-2-1-3-7(8)10(14)16/h1-4,6H,5,11H2,(H,13,15). The van der Waals surface area contributed by atoms with Crippen molar-refractivity contribution >= 4 is 16.8 Å². The molecule has 3 N–H and O–H groups in total. The van der Waals surface area contributed by atoms with E-state index in [1.807, 2.05) is 5.43 Å². The Morgan fingerprint density at radius 3 is 2.94 bits per heavy atom. The van der Waals surface area contributed by atoms with Gasteiger partial charge in [-0.15, -0.1) is 0 Å². The average molecular weight is 218 g/mol. The molecule has 1 aromatic heterocycles. The third-order valence-electron chi connectivity index (χ3n) is 2.21. The molecule has 0 bridgehead atoms. The van der Waals surface area contributed by atoms with Crippen LogP contribution in [0, 0.1) is 0 Å². The Morgan fingerprint density at radius 1 is 1.44 bits per heavy atom. The summed E-state index contributed by atoms with van der Waals surface area (Å²) in [5.74, 6) is 4.50. The first kappa shape index (κ1) is 10.3. The quantitative estimate of drug-likeness (QED) is 0.399. The van der Waals surface area contributed by atoms with Gasteiger partial charge in [-0.05, 0) is 12.1 Å². The molecule has 0 saturated heterocycles. The summed E-state index contributed by atoms with van der Waals surface area (Å²) in [6, 6.07) is 6.95. The Bertz CT molecular complexity index is 591. The minimum absolute atomic E-state index is 0.132. The van der Waals surface area contributed by atoms with Crippen molar-refractivity contribution in [2.45, 2.75) is 6.54 Å². The number of fused-ring (bicyclic) bond motifs is 1. The number of nitrogens with one attached hydrogen (secondary N) is 1. The zero-order valence-corrected chi connectivity index (χ0v) is 8.38. The van der Waals surface area contributed by atoms with Crippen molar-refractivity contribution < 1.29 is 4.79 Å². The second kappa shape index (κ2) is 4.11. The van der Waals surface area contributed by atoms with Gasteiger partial charge < -0.3 is 0 Å². The monoisotopic (exact) mass is 218 g/mol. The van der Waals surface area contributed by atoms with Gasteiger partial charge in [0.1, 0.15) is 6.54 Å².